The number of nitrogens with one attached hydrogen (secondary N) is 1. The summed E-state index contributed by atoms with van der Waals surface area (Å²) in [6.45, 7) is 3.45. The van der Waals surface area contributed by atoms with Crippen LogP contribution in [0, 0.1) is 0 Å². The molecule has 1 atom stereocenters. The number of amides is 1. The van der Waals surface area contributed by atoms with Crippen LogP contribution in [0.4, 0.5) is 11.4 Å². The van der Waals surface area contributed by atoms with E-state index in [1.165, 1.54) is 18.7 Å². The zero-order chi connectivity index (χ0) is 19.1. The first kappa shape index (κ1) is 19.3. The number of rotatable bonds is 4. The second-order valence-corrected chi connectivity index (χ2v) is 9.58. The van der Waals surface area contributed by atoms with Gasteiger partial charge in [-0.15, -0.1) is 11.8 Å². The molecule has 1 aliphatic rings. The number of benzene rings is 2. The maximum Gasteiger partial charge on any atom is 0.263 e. The Bertz CT molecular complexity index is 976. The average molecular weight is 455 g/mol. The first-order valence-electron chi connectivity index (χ1n) is 8.02. The maximum absolute atomic E-state index is 12.9. The van der Waals surface area contributed by atoms with Crippen LogP contribution >= 0.6 is 27.7 Å². The minimum absolute atomic E-state index is 0.0126. The number of nitrogens with zero attached hydrogens (tertiary/aromatic N) is 1. The average Bonchev–Trinajstić information content (AvgIpc) is 2.88. The fourth-order valence-corrected chi connectivity index (χ4v) is 5.82. The van der Waals surface area contributed by atoms with Gasteiger partial charge in [0.1, 0.15) is 4.90 Å². The second-order valence-electron chi connectivity index (χ2n) is 6.19. The van der Waals surface area contributed by atoms with Crippen molar-refractivity contribution in [3.8, 4) is 0 Å². The van der Waals surface area contributed by atoms with Crippen LogP contribution in [0.2, 0.25) is 0 Å². The molecule has 1 N–H and O–H groups in total. The Morgan fingerprint density at radius 3 is 2.69 bits per heavy atom. The molecule has 0 saturated carbocycles. The Balaban J connectivity index is 2.02. The third-order valence-electron chi connectivity index (χ3n) is 4.30. The van der Waals surface area contributed by atoms with Crippen molar-refractivity contribution in [2.24, 2.45) is 0 Å². The molecule has 1 amide bonds. The molecule has 2 aromatic carbocycles. The van der Waals surface area contributed by atoms with E-state index in [1.807, 2.05) is 19.2 Å². The molecule has 8 heteroatoms. The number of thioether (sulfide) groups is 1. The lowest BCUT2D eigenvalue weighted by atomic mass is 10.1. The van der Waals surface area contributed by atoms with Crippen LogP contribution in [0.15, 0.2) is 50.7 Å². The van der Waals surface area contributed by atoms with Crippen molar-refractivity contribution in [2.75, 3.05) is 15.9 Å². The summed E-state index contributed by atoms with van der Waals surface area (Å²) in [6.07, 6.45) is 2.64. The van der Waals surface area contributed by atoms with Gasteiger partial charge in [-0.1, -0.05) is 6.07 Å². The molecule has 0 radical (unpaired) electrons. The normalized spacial score (nSPS) is 16.5. The Kier molecular flexibility index (Phi) is 5.37. The van der Waals surface area contributed by atoms with E-state index < -0.39 is 10.0 Å². The van der Waals surface area contributed by atoms with Crippen molar-refractivity contribution in [2.45, 2.75) is 36.1 Å². The quantitative estimate of drug-likeness (QED) is 0.700. The van der Waals surface area contributed by atoms with E-state index >= 15 is 0 Å². The molecule has 5 nitrogen and oxygen atoms in total. The first-order valence-corrected chi connectivity index (χ1v) is 11.5. The number of halogens is 1. The number of hydrogen-bond donors (Lipinski definition) is 1. The van der Waals surface area contributed by atoms with Gasteiger partial charge in [0.25, 0.3) is 10.0 Å². The highest BCUT2D eigenvalue weighted by molar-refractivity contribution is 9.10. The highest BCUT2D eigenvalue weighted by atomic mass is 79.9. The van der Waals surface area contributed by atoms with Gasteiger partial charge in [0.2, 0.25) is 5.91 Å². The van der Waals surface area contributed by atoms with Crippen molar-refractivity contribution in [1.29, 1.82) is 0 Å². The van der Waals surface area contributed by atoms with Gasteiger partial charge in [-0.05, 0) is 71.4 Å². The zero-order valence-electron chi connectivity index (χ0n) is 14.6. The number of carbonyl (C=O) groups is 1. The second kappa shape index (κ2) is 7.25. The van der Waals surface area contributed by atoms with Crippen molar-refractivity contribution in [3.05, 3.63) is 46.4 Å². The Morgan fingerprint density at radius 2 is 2.04 bits per heavy atom. The third kappa shape index (κ3) is 3.63. The molecule has 26 heavy (non-hydrogen) atoms. The predicted octanol–water partition coefficient (Wildman–Crippen LogP) is 4.27. The summed E-state index contributed by atoms with van der Waals surface area (Å²) in [7, 11) is -3.80. The Hall–Kier alpha value is -1.51. The van der Waals surface area contributed by atoms with E-state index in [0.29, 0.717) is 22.3 Å². The lowest BCUT2D eigenvalue weighted by Gasteiger charge is -2.21. The molecular weight excluding hydrogens is 436 g/mol. The summed E-state index contributed by atoms with van der Waals surface area (Å²) in [6, 6.07) is 10.6. The van der Waals surface area contributed by atoms with Crippen LogP contribution < -0.4 is 9.62 Å². The highest BCUT2D eigenvalue weighted by Gasteiger charge is 2.32. The summed E-state index contributed by atoms with van der Waals surface area (Å²) in [5.74, 6) is -0.0949. The van der Waals surface area contributed by atoms with Crippen LogP contribution in [0.5, 0.6) is 0 Å². The van der Waals surface area contributed by atoms with Crippen LogP contribution in [-0.2, 0) is 21.2 Å². The fraction of sp³-hybridized carbons (Fsp3) is 0.278. The lowest BCUT2D eigenvalue weighted by molar-refractivity contribution is -0.116. The predicted molar refractivity (Wildman–Crippen MR) is 109 cm³/mol. The van der Waals surface area contributed by atoms with Crippen molar-refractivity contribution < 1.29 is 13.2 Å². The molecule has 1 aliphatic heterocycles. The van der Waals surface area contributed by atoms with Gasteiger partial charge < -0.3 is 4.90 Å². The molecular formula is C18H19BrN2O3S2. The van der Waals surface area contributed by atoms with Gasteiger partial charge in [-0.2, -0.15) is 0 Å². The van der Waals surface area contributed by atoms with Crippen molar-refractivity contribution in [1.82, 2.24) is 0 Å². The molecule has 3 rings (SSSR count). The molecule has 0 fully saturated rings. The summed E-state index contributed by atoms with van der Waals surface area (Å²) in [5, 5.41) is 0. The zero-order valence-corrected chi connectivity index (χ0v) is 17.8. The summed E-state index contributed by atoms with van der Waals surface area (Å²) >= 11 is 4.92. The standard InChI is InChI=1S/C18H19BrN2O3S2/c1-11-7-13-8-16(19)18(10-17(13)21(11)12(2)22)26(23,24)20-14-5-4-6-15(9-14)25-3/h4-6,8-11,20H,7H2,1-3H3/t11-/m0/s1. The topological polar surface area (TPSA) is 66.5 Å². The van der Waals surface area contributed by atoms with Gasteiger partial charge in [0.05, 0.1) is 0 Å². The van der Waals surface area contributed by atoms with Crippen LogP contribution in [0.3, 0.4) is 0 Å². The summed E-state index contributed by atoms with van der Waals surface area (Å²) in [4.78, 5) is 14.7. The molecule has 0 aliphatic carbocycles. The van der Waals surface area contributed by atoms with E-state index in [2.05, 4.69) is 20.7 Å². The smallest absolute Gasteiger partial charge is 0.263 e. The van der Waals surface area contributed by atoms with Gasteiger partial charge in [-0.3, -0.25) is 9.52 Å². The molecule has 0 saturated heterocycles. The Labute approximate surface area is 166 Å². The number of carbonyl (C=O) groups excluding carboxylic acids is 1. The lowest BCUT2D eigenvalue weighted by Crippen LogP contribution is -2.33. The largest absolute Gasteiger partial charge is 0.309 e. The Morgan fingerprint density at radius 1 is 1.31 bits per heavy atom. The van der Waals surface area contributed by atoms with Crippen LogP contribution in [0.1, 0.15) is 19.4 Å². The molecule has 0 spiro atoms. The monoisotopic (exact) mass is 454 g/mol. The third-order valence-corrected chi connectivity index (χ3v) is 7.36. The number of anilines is 2. The first-order chi connectivity index (χ1) is 12.2. The van der Waals surface area contributed by atoms with Crippen molar-refractivity contribution >= 4 is 55.0 Å². The fourth-order valence-electron chi connectivity index (χ4n) is 3.20. The van der Waals surface area contributed by atoms with Gasteiger partial charge in [0.15, 0.2) is 0 Å². The molecule has 1 heterocycles. The van der Waals surface area contributed by atoms with E-state index in [0.717, 1.165) is 10.5 Å². The SMILES string of the molecule is CSc1cccc(NS(=O)(=O)c2cc3c(cc2Br)C[C@H](C)N3C(C)=O)c1. The minimum Gasteiger partial charge on any atom is -0.309 e. The highest BCUT2D eigenvalue weighted by Crippen LogP contribution is 2.38. The van der Waals surface area contributed by atoms with E-state index in [-0.39, 0.29) is 16.8 Å². The van der Waals surface area contributed by atoms with Gasteiger partial charge in [-0.25, -0.2) is 8.42 Å². The van der Waals surface area contributed by atoms with E-state index in [1.54, 1.807) is 35.2 Å². The minimum atomic E-state index is -3.80. The van der Waals surface area contributed by atoms with Crippen molar-refractivity contribution in [3.63, 3.8) is 0 Å². The number of fused-ring (bicyclic) bond motifs is 1. The summed E-state index contributed by atoms with van der Waals surface area (Å²) < 4.78 is 29.0. The molecule has 0 unspecified atom stereocenters. The number of sulfonamides is 1. The van der Waals surface area contributed by atoms with Gasteiger partial charge in [0, 0.05) is 33.7 Å². The molecule has 2 aromatic rings. The van der Waals surface area contributed by atoms with Gasteiger partial charge >= 0.3 is 0 Å². The van der Waals surface area contributed by atoms with E-state index in [9.17, 15) is 13.2 Å². The molecule has 0 aromatic heterocycles. The maximum atomic E-state index is 12.9. The van der Waals surface area contributed by atoms with Crippen LogP contribution in [0.25, 0.3) is 0 Å². The summed E-state index contributed by atoms with van der Waals surface area (Å²) in [5.41, 5.74) is 2.12. The molecule has 138 valence electrons. The van der Waals surface area contributed by atoms with Crippen LogP contribution in [-0.4, -0.2) is 26.6 Å². The number of hydrogen-bond acceptors (Lipinski definition) is 4. The molecule has 0 bridgehead atoms. The van der Waals surface area contributed by atoms with E-state index in [4.69, 9.17) is 0 Å².